The second-order valence-corrected chi connectivity index (χ2v) is 6.87. The fourth-order valence-electron chi connectivity index (χ4n) is 3.40. The molecule has 1 aromatic carbocycles. The van der Waals surface area contributed by atoms with E-state index in [1.165, 1.54) is 5.56 Å². The Kier molecular flexibility index (Phi) is 7.19. The van der Waals surface area contributed by atoms with E-state index < -0.39 is 5.97 Å². The molecule has 1 saturated heterocycles. The lowest BCUT2D eigenvalue weighted by Crippen LogP contribution is -2.50. The van der Waals surface area contributed by atoms with Crippen molar-refractivity contribution in [2.75, 3.05) is 39.4 Å². The van der Waals surface area contributed by atoms with Crippen LogP contribution in [0, 0.1) is 0 Å². The lowest BCUT2D eigenvalue weighted by atomic mass is 10.1. The number of hydrogen-bond acceptors (Lipinski definition) is 6. The first-order valence-electron chi connectivity index (χ1n) is 9.92. The van der Waals surface area contributed by atoms with Gasteiger partial charge in [0.2, 0.25) is 5.88 Å². The van der Waals surface area contributed by atoms with Crippen molar-refractivity contribution in [1.29, 1.82) is 0 Å². The summed E-state index contributed by atoms with van der Waals surface area (Å²) in [6, 6.07) is 13.8. The smallest absolute Gasteiger partial charge is 0.344 e. The Balaban J connectivity index is 1.48. The van der Waals surface area contributed by atoms with Gasteiger partial charge in [0, 0.05) is 38.4 Å². The van der Waals surface area contributed by atoms with Crippen molar-refractivity contribution in [3.05, 3.63) is 59.8 Å². The van der Waals surface area contributed by atoms with Gasteiger partial charge in [-0.3, -0.25) is 9.69 Å². The molecule has 1 fully saturated rings. The molecule has 1 aromatic heterocycles. The Hall–Kier alpha value is -2.93. The molecule has 0 saturated carbocycles. The largest absolute Gasteiger partial charge is 0.477 e. The lowest BCUT2D eigenvalue weighted by Gasteiger charge is -2.38. The number of ether oxygens (including phenoxy) is 2. The molecule has 0 spiro atoms. The highest BCUT2D eigenvalue weighted by atomic mass is 16.5. The third-order valence-electron chi connectivity index (χ3n) is 5.10. The first-order valence-corrected chi connectivity index (χ1v) is 9.92. The Bertz CT molecular complexity index is 820. The highest BCUT2D eigenvalue weighted by molar-refractivity contribution is 5.93. The fraction of sp³-hybridized carbons (Fsp3) is 0.409. The van der Waals surface area contributed by atoms with E-state index in [1.54, 1.807) is 23.2 Å². The molecule has 3 rings (SSSR count). The number of esters is 1. The van der Waals surface area contributed by atoms with E-state index in [9.17, 15) is 9.59 Å². The van der Waals surface area contributed by atoms with Crippen molar-refractivity contribution in [3.63, 3.8) is 0 Å². The molecule has 7 heteroatoms. The van der Waals surface area contributed by atoms with Gasteiger partial charge in [-0.25, -0.2) is 9.78 Å². The minimum absolute atomic E-state index is 0.188. The van der Waals surface area contributed by atoms with Crippen LogP contribution < -0.4 is 4.74 Å². The molecule has 7 nitrogen and oxygen atoms in total. The number of carbonyl (C=O) groups excluding carboxylic acids is 2. The zero-order valence-electron chi connectivity index (χ0n) is 16.9. The highest BCUT2D eigenvalue weighted by Crippen LogP contribution is 2.21. The minimum atomic E-state index is -0.605. The maximum atomic E-state index is 12.5. The van der Waals surface area contributed by atoms with Crippen LogP contribution in [0.15, 0.2) is 48.7 Å². The van der Waals surface area contributed by atoms with Crippen LogP contribution in [-0.2, 0) is 9.53 Å². The van der Waals surface area contributed by atoms with Gasteiger partial charge in [-0.05, 0) is 31.5 Å². The van der Waals surface area contributed by atoms with Crippen molar-refractivity contribution < 1.29 is 19.1 Å². The maximum Gasteiger partial charge on any atom is 0.344 e. The fourth-order valence-corrected chi connectivity index (χ4v) is 3.40. The van der Waals surface area contributed by atoms with Crippen LogP contribution in [0.3, 0.4) is 0 Å². The Labute approximate surface area is 171 Å². The lowest BCUT2D eigenvalue weighted by molar-refractivity contribution is -0.136. The van der Waals surface area contributed by atoms with E-state index in [2.05, 4.69) is 28.9 Å². The summed E-state index contributed by atoms with van der Waals surface area (Å²) in [7, 11) is 0. The Morgan fingerprint density at radius 1 is 1.07 bits per heavy atom. The van der Waals surface area contributed by atoms with Gasteiger partial charge in [-0.1, -0.05) is 30.3 Å². The summed E-state index contributed by atoms with van der Waals surface area (Å²) in [6.07, 6.45) is 1.54. The third-order valence-corrected chi connectivity index (χ3v) is 5.10. The van der Waals surface area contributed by atoms with Gasteiger partial charge in [-0.2, -0.15) is 0 Å². The summed E-state index contributed by atoms with van der Waals surface area (Å²) in [4.78, 5) is 32.9. The van der Waals surface area contributed by atoms with Crippen LogP contribution >= 0.6 is 0 Å². The summed E-state index contributed by atoms with van der Waals surface area (Å²) < 4.78 is 10.5. The molecule has 154 valence electrons. The van der Waals surface area contributed by atoms with Gasteiger partial charge in [0.1, 0.15) is 5.56 Å². The number of hydrogen-bond donors (Lipinski definition) is 0. The van der Waals surface area contributed by atoms with Crippen LogP contribution in [0.25, 0.3) is 0 Å². The number of nitrogens with zero attached hydrogens (tertiary/aromatic N) is 3. The second-order valence-electron chi connectivity index (χ2n) is 6.87. The molecule has 2 heterocycles. The molecule has 29 heavy (non-hydrogen) atoms. The standard InChI is InChI=1S/C22H27N3O4/c1-3-28-21-19(10-7-11-23-21)22(27)29-16-20(26)25-14-12-24(13-15-25)17(2)18-8-5-4-6-9-18/h4-11,17H,3,12-16H2,1-2H3. The first-order chi connectivity index (χ1) is 14.1. The summed E-state index contributed by atoms with van der Waals surface area (Å²) in [6.45, 7) is 6.90. The number of amides is 1. The van der Waals surface area contributed by atoms with Gasteiger partial charge < -0.3 is 14.4 Å². The monoisotopic (exact) mass is 397 g/mol. The number of aromatic nitrogens is 1. The number of piperazine rings is 1. The van der Waals surface area contributed by atoms with Crippen LogP contribution in [-0.4, -0.2) is 66.1 Å². The highest BCUT2D eigenvalue weighted by Gasteiger charge is 2.25. The molecule has 2 aromatic rings. The molecule has 0 bridgehead atoms. The van der Waals surface area contributed by atoms with Gasteiger partial charge in [0.25, 0.3) is 5.91 Å². The summed E-state index contributed by atoms with van der Waals surface area (Å²) in [5, 5.41) is 0. The molecule has 1 atom stereocenters. The molecule has 0 radical (unpaired) electrons. The third kappa shape index (κ3) is 5.32. The van der Waals surface area contributed by atoms with Crippen molar-refractivity contribution in [3.8, 4) is 5.88 Å². The van der Waals surface area contributed by atoms with E-state index in [0.29, 0.717) is 25.7 Å². The SMILES string of the molecule is CCOc1ncccc1C(=O)OCC(=O)N1CCN(C(C)c2ccccc2)CC1. The van der Waals surface area contributed by atoms with Crippen LogP contribution in [0.4, 0.5) is 0 Å². The van der Waals surface area contributed by atoms with E-state index in [0.717, 1.165) is 13.1 Å². The molecule has 1 amide bonds. The molecule has 0 aliphatic carbocycles. The van der Waals surface area contributed by atoms with Crippen LogP contribution in [0.5, 0.6) is 5.88 Å². The van der Waals surface area contributed by atoms with Gasteiger partial charge in [0.05, 0.1) is 6.61 Å². The van der Waals surface area contributed by atoms with E-state index in [1.807, 2.05) is 25.1 Å². The quantitative estimate of drug-likeness (QED) is 0.669. The number of pyridine rings is 1. The first kappa shape index (κ1) is 20.8. The minimum Gasteiger partial charge on any atom is -0.477 e. The van der Waals surface area contributed by atoms with Gasteiger partial charge in [0.15, 0.2) is 6.61 Å². The van der Waals surface area contributed by atoms with E-state index in [-0.39, 0.29) is 24.0 Å². The molecule has 1 aliphatic rings. The Morgan fingerprint density at radius 3 is 2.48 bits per heavy atom. The predicted octanol–water partition coefficient (Wildman–Crippen LogP) is 2.54. The number of benzene rings is 1. The molecule has 1 unspecified atom stereocenters. The van der Waals surface area contributed by atoms with Gasteiger partial charge >= 0.3 is 5.97 Å². The molecular formula is C22H27N3O4. The molecule has 0 N–H and O–H groups in total. The average molecular weight is 397 g/mol. The van der Waals surface area contributed by atoms with Gasteiger partial charge in [-0.15, -0.1) is 0 Å². The predicted molar refractivity (Wildman–Crippen MR) is 109 cm³/mol. The summed E-state index contributed by atoms with van der Waals surface area (Å²) in [5.74, 6) is -0.575. The van der Waals surface area contributed by atoms with E-state index >= 15 is 0 Å². The van der Waals surface area contributed by atoms with Crippen molar-refractivity contribution in [2.45, 2.75) is 19.9 Å². The molecule has 1 aliphatic heterocycles. The Morgan fingerprint density at radius 2 is 1.79 bits per heavy atom. The van der Waals surface area contributed by atoms with Crippen LogP contribution in [0.1, 0.15) is 35.8 Å². The zero-order valence-corrected chi connectivity index (χ0v) is 16.9. The van der Waals surface area contributed by atoms with Crippen molar-refractivity contribution >= 4 is 11.9 Å². The normalized spacial score (nSPS) is 15.6. The topological polar surface area (TPSA) is 72.0 Å². The number of carbonyl (C=O) groups is 2. The van der Waals surface area contributed by atoms with Crippen LogP contribution in [0.2, 0.25) is 0 Å². The number of rotatable bonds is 7. The zero-order chi connectivity index (χ0) is 20.6. The second kappa shape index (κ2) is 10.0. The summed E-state index contributed by atoms with van der Waals surface area (Å²) in [5.41, 5.74) is 1.49. The van der Waals surface area contributed by atoms with E-state index in [4.69, 9.17) is 9.47 Å². The summed E-state index contributed by atoms with van der Waals surface area (Å²) >= 11 is 0. The maximum absolute atomic E-state index is 12.5. The van der Waals surface area contributed by atoms with Crippen molar-refractivity contribution in [1.82, 2.24) is 14.8 Å². The average Bonchev–Trinajstić information content (AvgIpc) is 2.78. The molecular weight excluding hydrogens is 370 g/mol. The van der Waals surface area contributed by atoms with Crippen molar-refractivity contribution in [2.24, 2.45) is 0 Å².